The van der Waals surface area contributed by atoms with Gasteiger partial charge < -0.3 is 14.7 Å². The highest BCUT2D eigenvalue weighted by Gasteiger charge is 2.42. The van der Waals surface area contributed by atoms with Gasteiger partial charge in [0.25, 0.3) is 0 Å². The minimum absolute atomic E-state index is 0.194. The first-order valence-electron chi connectivity index (χ1n) is 9.92. The average molecular weight is 360 g/mol. The molecule has 0 bridgehead atoms. The molecule has 2 aliphatic rings. The number of anilines is 1. The molecule has 0 saturated carbocycles. The van der Waals surface area contributed by atoms with Crippen molar-refractivity contribution in [2.24, 2.45) is 5.41 Å². The van der Waals surface area contributed by atoms with Crippen LogP contribution in [0.4, 0.5) is 5.95 Å². The van der Waals surface area contributed by atoms with E-state index >= 15 is 0 Å². The summed E-state index contributed by atoms with van der Waals surface area (Å²) in [5, 5.41) is 0. The minimum atomic E-state index is 0.194. The quantitative estimate of drug-likeness (QED) is 0.806. The Bertz CT molecular complexity index is 647. The maximum Gasteiger partial charge on any atom is 0.225 e. The van der Waals surface area contributed by atoms with Gasteiger partial charge in [-0.25, -0.2) is 9.97 Å². The van der Waals surface area contributed by atoms with Crippen molar-refractivity contribution in [3.63, 3.8) is 0 Å². The van der Waals surface area contributed by atoms with E-state index in [4.69, 9.17) is 4.98 Å². The zero-order chi connectivity index (χ0) is 18.7. The van der Waals surface area contributed by atoms with Gasteiger partial charge in [-0.2, -0.15) is 0 Å². The summed E-state index contributed by atoms with van der Waals surface area (Å²) in [6.45, 7) is 8.83. The molecular weight excluding hydrogens is 326 g/mol. The van der Waals surface area contributed by atoms with Crippen LogP contribution < -0.4 is 4.90 Å². The molecule has 1 aromatic rings. The lowest BCUT2D eigenvalue weighted by molar-refractivity contribution is -0.138. The zero-order valence-electron chi connectivity index (χ0n) is 16.8. The smallest absolute Gasteiger partial charge is 0.225 e. The molecule has 6 nitrogen and oxygen atoms in total. The van der Waals surface area contributed by atoms with Gasteiger partial charge in [-0.3, -0.25) is 4.79 Å². The van der Waals surface area contributed by atoms with Crippen LogP contribution in [0.5, 0.6) is 0 Å². The predicted molar refractivity (Wildman–Crippen MR) is 104 cm³/mol. The summed E-state index contributed by atoms with van der Waals surface area (Å²) in [4.78, 5) is 28.4. The van der Waals surface area contributed by atoms with E-state index in [2.05, 4.69) is 47.6 Å². The number of piperidine rings is 2. The lowest BCUT2D eigenvalue weighted by Crippen LogP contribution is -2.55. The van der Waals surface area contributed by atoms with Crippen LogP contribution in [0.1, 0.15) is 43.9 Å². The lowest BCUT2D eigenvalue weighted by atomic mass is 9.73. The Labute approximate surface area is 157 Å². The summed E-state index contributed by atoms with van der Waals surface area (Å²) in [6, 6.07) is 0. The van der Waals surface area contributed by atoms with Gasteiger partial charge in [-0.1, -0.05) is 6.92 Å². The van der Waals surface area contributed by atoms with E-state index in [9.17, 15) is 4.79 Å². The molecule has 6 heteroatoms. The Morgan fingerprint density at radius 1 is 1.27 bits per heavy atom. The first-order valence-corrected chi connectivity index (χ1v) is 9.92. The number of aromatic nitrogens is 2. The van der Waals surface area contributed by atoms with E-state index in [0.717, 1.165) is 63.6 Å². The number of carbonyl (C=O) groups excluding carboxylic acids is 1. The number of carbonyl (C=O) groups is 1. The van der Waals surface area contributed by atoms with Crippen LogP contribution in [0.3, 0.4) is 0 Å². The maximum absolute atomic E-state index is 12.4. The number of nitrogens with zero attached hydrogens (tertiary/aromatic N) is 5. The fourth-order valence-electron chi connectivity index (χ4n) is 4.32. The van der Waals surface area contributed by atoms with Gasteiger partial charge in [-0.05, 0) is 52.3 Å². The number of hydrogen-bond donors (Lipinski definition) is 0. The summed E-state index contributed by atoms with van der Waals surface area (Å²) in [6.07, 6.45) is 6.91. The lowest BCUT2D eigenvalue weighted by Gasteiger charge is -2.48. The predicted octanol–water partition coefficient (Wildman–Crippen LogP) is 2.12. The molecule has 2 saturated heterocycles. The molecule has 144 valence electrons. The molecular formula is C20H33N5O. The van der Waals surface area contributed by atoms with Crippen molar-refractivity contribution in [1.29, 1.82) is 0 Å². The second-order valence-electron chi connectivity index (χ2n) is 8.30. The molecule has 2 fully saturated rings. The second-order valence-corrected chi connectivity index (χ2v) is 8.30. The van der Waals surface area contributed by atoms with Crippen LogP contribution in [0.25, 0.3) is 0 Å². The molecule has 1 unspecified atom stereocenters. The third-order valence-corrected chi connectivity index (χ3v) is 5.91. The highest BCUT2D eigenvalue weighted by Crippen LogP contribution is 2.39. The Morgan fingerprint density at radius 2 is 2.08 bits per heavy atom. The number of amides is 1. The Hall–Kier alpha value is -1.69. The van der Waals surface area contributed by atoms with E-state index in [1.165, 1.54) is 12.0 Å². The van der Waals surface area contributed by atoms with Crippen molar-refractivity contribution >= 4 is 11.9 Å². The largest absolute Gasteiger partial charge is 0.341 e. The SMILES string of the molecule is CCc1nc(N2CCCC3(CCC(=O)N(CCN(C)C)C3)C2)ncc1C. The first kappa shape index (κ1) is 19.1. The van der Waals surface area contributed by atoms with Gasteiger partial charge in [0.2, 0.25) is 11.9 Å². The molecule has 3 rings (SSSR count). The molecule has 1 amide bonds. The molecule has 0 aliphatic carbocycles. The van der Waals surface area contributed by atoms with Crippen molar-refractivity contribution in [3.05, 3.63) is 17.5 Å². The van der Waals surface area contributed by atoms with Crippen LogP contribution in [0, 0.1) is 12.3 Å². The van der Waals surface area contributed by atoms with Crippen molar-refractivity contribution in [1.82, 2.24) is 19.8 Å². The fraction of sp³-hybridized carbons (Fsp3) is 0.750. The van der Waals surface area contributed by atoms with Gasteiger partial charge in [0, 0.05) is 56.5 Å². The molecule has 0 radical (unpaired) electrons. The highest BCUT2D eigenvalue weighted by atomic mass is 16.2. The van der Waals surface area contributed by atoms with Crippen molar-refractivity contribution in [3.8, 4) is 0 Å². The van der Waals surface area contributed by atoms with Crippen LogP contribution >= 0.6 is 0 Å². The molecule has 0 N–H and O–H groups in total. The van der Waals surface area contributed by atoms with E-state index < -0.39 is 0 Å². The van der Waals surface area contributed by atoms with Crippen molar-refractivity contribution in [2.75, 3.05) is 51.7 Å². The number of aryl methyl sites for hydroxylation is 2. The highest BCUT2D eigenvalue weighted by molar-refractivity contribution is 5.77. The van der Waals surface area contributed by atoms with Gasteiger partial charge in [0.1, 0.15) is 0 Å². The number of likely N-dealkylation sites (N-methyl/N-ethyl adjacent to an activating group) is 1. The van der Waals surface area contributed by atoms with E-state index in [1.54, 1.807) is 0 Å². The van der Waals surface area contributed by atoms with Crippen LogP contribution in [-0.2, 0) is 11.2 Å². The molecule has 0 aromatic carbocycles. The zero-order valence-corrected chi connectivity index (χ0v) is 16.8. The molecule has 3 heterocycles. The van der Waals surface area contributed by atoms with Crippen LogP contribution in [-0.4, -0.2) is 72.5 Å². The third-order valence-electron chi connectivity index (χ3n) is 5.91. The minimum Gasteiger partial charge on any atom is -0.341 e. The van der Waals surface area contributed by atoms with Gasteiger partial charge >= 0.3 is 0 Å². The number of likely N-dealkylation sites (tertiary alicyclic amines) is 1. The summed E-state index contributed by atoms with van der Waals surface area (Å²) >= 11 is 0. The average Bonchev–Trinajstić information content (AvgIpc) is 2.63. The fourth-order valence-corrected chi connectivity index (χ4v) is 4.32. The number of hydrogen-bond acceptors (Lipinski definition) is 5. The standard InChI is InChI=1S/C20H33N5O/c1-5-17-16(2)13-21-19(22-17)25-10-6-8-20(15-25)9-7-18(26)24(14-20)12-11-23(3)4/h13H,5-12,14-15H2,1-4H3. The molecule has 1 aromatic heterocycles. The van der Waals surface area contributed by atoms with E-state index in [1.807, 2.05) is 6.20 Å². The first-order chi connectivity index (χ1) is 12.4. The van der Waals surface area contributed by atoms with Crippen molar-refractivity contribution < 1.29 is 4.79 Å². The summed E-state index contributed by atoms with van der Waals surface area (Å²) in [5.74, 6) is 1.18. The monoisotopic (exact) mass is 359 g/mol. The summed E-state index contributed by atoms with van der Waals surface area (Å²) in [5.41, 5.74) is 2.50. The normalized spacial score (nSPS) is 24.0. The molecule has 1 atom stereocenters. The second kappa shape index (κ2) is 7.91. The third kappa shape index (κ3) is 4.17. The van der Waals surface area contributed by atoms with Crippen molar-refractivity contribution in [2.45, 2.75) is 46.0 Å². The van der Waals surface area contributed by atoms with E-state index in [-0.39, 0.29) is 5.41 Å². The van der Waals surface area contributed by atoms with E-state index in [0.29, 0.717) is 12.3 Å². The molecule has 26 heavy (non-hydrogen) atoms. The Morgan fingerprint density at radius 3 is 2.81 bits per heavy atom. The molecule has 1 spiro atoms. The van der Waals surface area contributed by atoms with Crippen LogP contribution in [0.2, 0.25) is 0 Å². The number of rotatable bonds is 5. The topological polar surface area (TPSA) is 52.6 Å². The maximum atomic E-state index is 12.4. The Balaban J connectivity index is 1.73. The summed E-state index contributed by atoms with van der Waals surface area (Å²) in [7, 11) is 4.12. The van der Waals surface area contributed by atoms with Crippen LogP contribution in [0.15, 0.2) is 6.20 Å². The molecule has 2 aliphatic heterocycles. The Kier molecular flexibility index (Phi) is 5.80. The van der Waals surface area contributed by atoms with Gasteiger partial charge in [0.05, 0.1) is 0 Å². The van der Waals surface area contributed by atoms with Gasteiger partial charge in [0.15, 0.2) is 0 Å². The van der Waals surface area contributed by atoms with Gasteiger partial charge in [-0.15, -0.1) is 0 Å². The summed E-state index contributed by atoms with van der Waals surface area (Å²) < 4.78 is 0.